The lowest BCUT2D eigenvalue weighted by molar-refractivity contribution is -0.141. The third kappa shape index (κ3) is 5.37. The van der Waals surface area contributed by atoms with Crippen LogP contribution in [0, 0.1) is 0 Å². The van der Waals surface area contributed by atoms with E-state index in [0.29, 0.717) is 19.4 Å². The second-order valence-corrected chi connectivity index (χ2v) is 6.92. The number of rotatable bonds is 8. The molecule has 0 unspecified atom stereocenters. The SMILES string of the molecule is C[C@H](N)C(=O)N1CCC[C@H]1C(=O)N[C@@H](Cc1ccccc1)C(=O)C(=O)CCl. The molecular weight excluding hydrogens is 370 g/mol. The van der Waals surface area contributed by atoms with E-state index in [9.17, 15) is 19.2 Å². The predicted octanol–water partition coefficient (Wildman–Crippen LogP) is 0.429. The third-order valence-electron chi connectivity index (χ3n) is 4.54. The molecule has 0 radical (unpaired) electrons. The first kappa shape index (κ1) is 21.1. The summed E-state index contributed by atoms with van der Waals surface area (Å²) in [4.78, 5) is 50.6. The van der Waals surface area contributed by atoms with Crippen LogP contribution >= 0.6 is 11.6 Å². The maximum atomic E-state index is 12.8. The number of nitrogens with two attached hydrogens (primary N) is 1. The van der Waals surface area contributed by atoms with Gasteiger partial charge in [0.2, 0.25) is 23.4 Å². The van der Waals surface area contributed by atoms with Gasteiger partial charge in [-0.2, -0.15) is 0 Å². The third-order valence-corrected chi connectivity index (χ3v) is 4.78. The maximum Gasteiger partial charge on any atom is 0.243 e. The Morgan fingerprint density at radius 1 is 1.26 bits per heavy atom. The molecule has 1 aliphatic heterocycles. The molecule has 1 saturated heterocycles. The van der Waals surface area contributed by atoms with E-state index < -0.39 is 41.5 Å². The predicted molar refractivity (Wildman–Crippen MR) is 101 cm³/mol. The Morgan fingerprint density at radius 2 is 1.93 bits per heavy atom. The van der Waals surface area contributed by atoms with Crippen LogP contribution in [0.5, 0.6) is 0 Å². The Hall–Kier alpha value is -2.25. The van der Waals surface area contributed by atoms with Crippen LogP contribution in [0.15, 0.2) is 30.3 Å². The first-order valence-electron chi connectivity index (χ1n) is 8.88. The van der Waals surface area contributed by atoms with Crippen molar-refractivity contribution in [3.8, 4) is 0 Å². The first-order valence-corrected chi connectivity index (χ1v) is 9.42. The van der Waals surface area contributed by atoms with Crippen molar-refractivity contribution in [1.29, 1.82) is 0 Å². The highest BCUT2D eigenvalue weighted by molar-refractivity contribution is 6.48. The zero-order valence-corrected chi connectivity index (χ0v) is 15.9. The zero-order chi connectivity index (χ0) is 20.0. The van der Waals surface area contributed by atoms with Crippen LogP contribution in [-0.4, -0.2) is 58.8 Å². The van der Waals surface area contributed by atoms with Crippen molar-refractivity contribution >= 4 is 35.0 Å². The van der Waals surface area contributed by atoms with E-state index in [1.165, 1.54) is 4.90 Å². The average Bonchev–Trinajstić information content (AvgIpc) is 3.16. The fourth-order valence-corrected chi connectivity index (χ4v) is 3.28. The van der Waals surface area contributed by atoms with E-state index in [-0.39, 0.29) is 12.3 Å². The summed E-state index contributed by atoms with van der Waals surface area (Å²) in [5.74, 6) is -2.72. The number of carbonyl (C=O) groups is 4. The lowest BCUT2D eigenvalue weighted by Gasteiger charge is -2.27. The number of hydrogen-bond donors (Lipinski definition) is 2. The molecule has 3 N–H and O–H groups in total. The number of ketones is 2. The van der Waals surface area contributed by atoms with Gasteiger partial charge in [0.05, 0.1) is 18.0 Å². The molecule has 146 valence electrons. The summed E-state index contributed by atoms with van der Waals surface area (Å²) in [7, 11) is 0. The number of benzene rings is 1. The van der Waals surface area contributed by atoms with Crippen LogP contribution in [0.25, 0.3) is 0 Å². The highest BCUT2D eigenvalue weighted by atomic mass is 35.5. The van der Waals surface area contributed by atoms with Crippen molar-refractivity contribution in [3.63, 3.8) is 0 Å². The topological polar surface area (TPSA) is 110 Å². The number of amides is 2. The molecule has 1 aromatic carbocycles. The van der Waals surface area contributed by atoms with E-state index in [1.807, 2.05) is 18.2 Å². The summed E-state index contributed by atoms with van der Waals surface area (Å²) in [6.45, 7) is 2.01. The van der Waals surface area contributed by atoms with Gasteiger partial charge in [-0.15, -0.1) is 11.6 Å². The van der Waals surface area contributed by atoms with E-state index in [4.69, 9.17) is 17.3 Å². The van der Waals surface area contributed by atoms with Crippen molar-refractivity contribution in [1.82, 2.24) is 10.2 Å². The summed E-state index contributed by atoms with van der Waals surface area (Å²) in [6, 6.07) is 6.62. The van der Waals surface area contributed by atoms with Crippen molar-refractivity contribution < 1.29 is 19.2 Å². The first-order chi connectivity index (χ1) is 12.8. The van der Waals surface area contributed by atoms with Crippen molar-refractivity contribution in [3.05, 3.63) is 35.9 Å². The number of Topliss-reactive ketones (excluding diaryl/α,β-unsaturated/α-hetero) is 2. The van der Waals surface area contributed by atoms with Gasteiger partial charge in [-0.3, -0.25) is 19.2 Å². The van der Waals surface area contributed by atoms with Crippen molar-refractivity contribution in [2.24, 2.45) is 5.73 Å². The van der Waals surface area contributed by atoms with Crippen molar-refractivity contribution in [2.75, 3.05) is 12.4 Å². The minimum Gasteiger partial charge on any atom is -0.344 e. The van der Waals surface area contributed by atoms with Crippen LogP contribution in [0.3, 0.4) is 0 Å². The highest BCUT2D eigenvalue weighted by Crippen LogP contribution is 2.19. The average molecular weight is 394 g/mol. The van der Waals surface area contributed by atoms with Gasteiger partial charge < -0.3 is 16.0 Å². The molecule has 3 atom stereocenters. The standard InChI is InChI=1S/C19H24ClN3O4/c1-12(21)19(27)23-9-5-8-15(23)18(26)22-14(17(25)16(24)11-20)10-13-6-3-2-4-7-13/h2-4,6-7,12,14-15H,5,8-11,21H2,1H3,(H,22,26)/t12-,14-,15-/m0/s1. The highest BCUT2D eigenvalue weighted by Gasteiger charge is 2.37. The molecule has 27 heavy (non-hydrogen) atoms. The number of likely N-dealkylation sites (tertiary alicyclic amines) is 1. The van der Waals surface area contributed by atoms with Crippen LogP contribution < -0.4 is 11.1 Å². The number of nitrogens with zero attached hydrogens (tertiary/aromatic N) is 1. The molecule has 1 aromatic rings. The molecule has 1 fully saturated rings. The van der Waals surface area contributed by atoms with Crippen molar-refractivity contribution in [2.45, 2.75) is 44.3 Å². The molecule has 2 rings (SSSR count). The number of nitrogens with one attached hydrogen (secondary N) is 1. The summed E-state index contributed by atoms with van der Waals surface area (Å²) in [6.07, 6.45) is 1.33. The summed E-state index contributed by atoms with van der Waals surface area (Å²) < 4.78 is 0. The zero-order valence-electron chi connectivity index (χ0n) is 15.2. The second-order valence-electron chi connectivity index (χ2n) is 6.65. The Kier molecular flexibility index (Phi) is 7.50. The molecule has 0 aromatic heterocycles. The number of hydrogen-bond acceptors (Lipinski definition) is 5. The number of carbonyl (C=O) groups excluding carboxylic acids is 4. The molecule has 1 heterocycles. The summed E-state index contributed by atoms with van der Waals surface area (Å²) in [5, 5.41) is 2.64. The van der Waals surface area contributed by atoms with Gasteiger partial charge in [0.15, 0.2) is 0 Å². The Balaban J connectivity index is 2.15. The normalized spacial score (nSPS) is 18.6. The van der Waals surface area contributed by atoms with Gasteiger partial charge >= 0.3 is 0 Å². The Bertz CT molecular complexity index is 708. The monoisotopic (exact) mass is 393 g/mol. The van der Waals surface area contributed by atoms with Gasteiger partial charge in [-0.05, 0) is 25.3 Å². The fourth-order valence-electron chi connectivity index (χ4n) is 3.15. The maximum absolute atomic E-state index is 12.8. The molecule has 0 aliphatic carbocycles. The number of halogens is 1. The minimum atomic E-state index is -1.03. The van der Waals surface area contributed by atoms with Gasteiger partial charge in [0.1, 0.15) is 6.04 Å². The Morgan fingerprint density at radius 3 is 2.52 bits per heavy atom. The van der Waals surface area contributed by atoms with Crippen LogP contribution in [0.2, 0.25) is 0 Å². The quantitative estimate of drug-likeness (QED) is 0.491. The van der Waals surface area contributed by atoms with Crippen LogP contribution in [0.1, 0.15) is 25.3 Å². The van der Waals surface area contributed by atoms with E-state index in [1.54, 1.807) is 19.1 Å². The number of alkyl halides is 1. The van der Waals surface area contributed by atoms with Crippen LogP contribution in [-0.2, 0) is 25.6 Å². The second kappa shape index (κ2) is 9.62. The van der Waals surface area contributed by atoms with Crippen LogP contribution in [0.4, 0.5) is 0 Å². The molecule has 0 bridgehead atoms. The molecule has 0 saturated carbocycles. The smallest absolute Gasteiger partial charge is 0.243 e. The van der Waals surface area contributed by atoms with E-state index >= 15 is 0 Å². The lowest BCUT2D eigenvalue weighted by Crippen LogP contribution is -2.54. The molecule has 8 heteroatoms. The largest absolute Gasteiger partial charge is 0.344 e. The molecule has 2 amide bonds. The molecule has 7 nitrogen and oxygen atoms in total. The molecule has 1 aliphatic rings. The molecule has 0 spiro atoms. The lowest BCUT2D eigenvalue weighted by atomic mass is 9.99. The Labute approximate surface area is 163 Å². The fraction of sp³-hybridized carbons (Fsp3) is 0.474. The van der Waals surface area contributed by atoms with Gasteiger partial charge in [-0.25, -0.2) is 0 Å². The van der Waals surface area contributed by atoms with E-state index in [2.05, 4.69) is 5.32 Å². The van der Waals surface area contributed by atoms with Gasteiger partial charge in [0.25, 0.3) is 0 Å². The minimum absolute atomic E-state index is 0.169. The van der Waals surface area contributed by atoms with Gasteiger partial charge in [0, 0.05) is 13.0 Å². The summed E-state index contributed by atoms with van der Waals surface area (Å²) >= 11 is 5.51. The molecular formula is C19H24ClN3O4. The summed E-state index contributed by atoms with van der Waals surface area (Å²) in [5.41, 5.74) is 6.45. The van der Waals surface area contributed by atoms with E-state index in [0.717, 1.165) is 5.56 Å². The van der Waals surface area contributed by atoms with Gasteiger partial charge in [-0.1, -0.05) is 30.3 Å².